The fourth-order valence-electron chi connectivity index (χ4n) is 5.57. The Morgan fingerprint density at radius 1 is 0.914 bits per heavy atom. The number of nitrogens with zero attached hydrogens (tertiary/aromatic N) is 4. The summed E-state index contributed by atoms with van der Waals surface area (Å²) in [5.74, 6) is 1.90. The summed E-state index contributed by atoms with van der Waals surface area (Å²) in [5, 5.41) is 5.90. The Balaban J connectivity index is 1.29. The molecule has 2 aliphatic heterocycles. The molecular formula is C29H30N4O2. The predicted molar refractivity (Wildman–Crippen MR) is 138 cm³/mol. The molecule has 4 heterocycles. The van der Waals surface area contributed by atoms with Crippen LogP contribution in [0.3, 0.4) is 0 Å². The lowest BCUT2D eigenvalue weighted by atomic mass is 9.82. The van der Waals surface area contributed by atoms with Gasteiger partial charge in [0.05, 0.1) is 23.4 Å². The van der Waals surface area contributed by atoms with Crippen LogP contribution >= 0.6 is 0 Å². The van der Waals surface area contributed by atoms with Gasteiger partial charge in [0.1, 0.15) is 17.2 Å². The molecule has 35 heavy (non-hydrogen) atoms. The molecule has 0 atom stereocenters. The molecule has 2 aromatic carbocycles. The van der Waals surface area contributed by atoms with Gasteiger partial charge in [-0.2, -0.15) is 5.10 Å². The number of aryl methyl sites for hydroxylation is 4. The third-order valence-corrected chi connectivity index (χ3v) is 7.70. The van der Waals surface area contributed by atoms with E-state index in [2.05, 4.69) is 36.9 Å². The number of pyridine rings is 1. The van der Waals surface area contributed by atoms with E-state index in [1.165, 1.54) is 5.56 Å². The first-order valence-electron chi connectivity index (χ1n) is 12.3. The Labute approximate surface area is 205 Å². The van der Waals surface area contributed by atoms with Crippen LogP contribution in [0.1, 0.15) is 52.0 Å². The zero-order valence-corrected chi connectivity index (χ0v) is 20.8. The monoisotopic (exact) mass is 466 g/mol. The van der Waals surface area contributed by atoms with Gasteiger partial charge in [-0.25, -0.2) is 9.67 Å². The van der Waals surface area contributed by atoms with Crippen molar-refractivity contribution in [1.82, 2.24) is 14.8 Å². The summed E-state index contributed by atoms with van der Waals surface area (Å²) in [6.07, 6.45) is 2.03. The van der Waals surface area contributed by atoms with Crippen molar-refractivity contribution >= 4 is 22.6 Å². The molecule has 0 aliphatic carbocycles. The largest absolute Gasteiger partial charge is 0.486 e. The van der Waals surface area contributed by atoms with E-state index < -0.39 is 5.60 Å². The smallest absolute Gasteiger partial charge is 0.170 e. The molecule has 0 unspecified atom stereocenters. The maximum Gasteiger partial charge on any atom is 0.170 e. The van der Waals surface area contributed by atoms with Crippen molar-refractivity contribution in [2.24, 2.45) is 0 Å². The van der Waals surface area contributed by atoms with E-state index in [1.54, 1.807) is 0 Å². The lowest BCUT2D eigenvalue weighted by molar-refractivity contribution is 0.0230. The number of piperidine rings is 1. The third kappa shape index (κ3) is 3.59. The zero-order chi connectivity index (χ0) is 24.3. The number of hydrogen-bond acceptors (Lipinski definition) is 5. The molecule has 0 saturated carbocycles. The molecule has 178 valence electrons. The molecule has 6 nitrogen and oxygen atoms in total. The number of hydrogen-bond donors (Lipinski definition) is 0. The minimum atomic E-state index is -0.427. The van der Waals surface area contributed by atoms with Crippen LogP contribution in [0.15, 0.2) is 48.5 Å². The molecule has 6 heteroatoms. The molecule has 0 N–H and O–H groups in total. The van der Waals surface area contributed by atoms with Gasteiger partial charge in [-0.3, -0.25) is 4.79 Å². The highest BCUT2D eigenvalue weighted by atomic mass is 16.5. The number of para-hydroxylation sites is 1. The minimum absolute atomic E-state index is 0.195. The number of ketones is 1. The van der Waals surface area contributed by atoms with Crippen molar-refractivity contribution in [3.8, 4) is 11.4 Å². The normalized spacial score (nSPS) is 17.0. The second-order valence-electron chi connectivity index (χ2n) is 10.1. The van der Waals surface area contributed by atoms with E-state index in [1.807, 2.05) is 48.9 Å². The van der Waals surface area contributed by atoms with Crippen molar-refractivity contribution in [2.45, 2.75) is 52.6 Å². The molecule has 0 amide bonds. The first-order valence-corrected chi connectivity index (χ1v) is 12.3. The lowest BCUT2D eigenvalue weighted by Gasteiger charge is -2.44. The highest BCUT2D eigenvalue weighted by molar-refractivity contribution is 6.00. The maximum absolute atomic E-state index is 13.0. The maximum atomic E-state index is 13.0. The van der Waals surface area contributed by atoms with Crippen molar-refractivity contribution < 1.29 is 9.53 Å². The van der Waals surface area contributed by atoms with Gasteiger partial charge in [-0.05, 0) is 74.7 Å². The first kappa shape index (κ1) is 21.8. The molecule has 1 saturated heterocycles. The number of Topliss-reactive ketones (excluding diaryl/α,β-unsaturated/α-hetero) is 1. The third-order valence-electron chi connectivity index (χ3n) is 7.70. The van der Waals surface area contributed by atoms with Crippen LogP contribution in [0.4, 0.5) is 5.82 Å². The Bertz CT molecular complexity index is 1460. The molecule has 2 aliphatic rings. The van der Waals surface area contributed by atoms with E-state index in [9.17, 15) is 4.79 Å². The van der Waals surface area contributed by atoms with E-state index in [0.717, 1.165) is 76.6 Å². The lowest BCUT2D eigenvalue weighted by Crippen LogP contribution is -2.51. The molecule has 6 rings (SSSR count). The molecule has 0 bridgehead atoms. The zero-order valence-electron chi connectivity index (χ0n) is 20.8. The van der Waals surface area contributed by atoms with Gasteiger partial charge in [-0.1, -0.05) is 18.2 Å². The van der Waals surface area contributed by atoms with Crippen molar-refractivity contribution in [3.05, 3.63) is 76.5 Å². The SMILES string of the molecule is Cc1cc2c(cc1C)C(=O)CC1(CCN(c3cc(C)c4c(C)nn(-c5ccccc5)c4n3)CC1)O2. The quantitative estimate of drug-likeness (QED) is 0.382. The Hall–Kier alpha value is -3.67. The van der Waals surface area contributed by atoms with Gasteiger partial charge in [0, 0.05) is 31.3 Å². The van der Waals surface area contributed by atoms with E-state index in [-0.39, 0.29) is 5.78 Å². The molecule has 4 aromatic rings. The van der Waals surface area contributed by atoms with Gasteiger partial charge in [0.2, 0.25) is 0 Å². The Morgan fingerprint density at radius 2 is 1.63 bits per heavy atom. The predicted octanol–water partition coefficient (Wildman–Crippen LogP) is 5.66. The van der Waals surface area contributed by atoms with Crippen LogP contribution in [0.25, 0.3) is 16.7 Å². The standard InChI is InChI=1S/C29H30N4O2/c1-18-14-23-24(34)17-29(35-25(23)15-19(18)2)10-12-32(13-11-29)26-16-20(3)27-21(4)31-33(28(27)30-26)22-8-6-5-7-9-22/h5-9,14-16H,10-13,17H2,1-4H3. The molecule has 1 spiro atoms. The summed E-state index contributed by atoms with van der Waals surface area (Å²) < 4.78 is 8.48. The Kier molecular flexibility index (Phi) is 4.95. The van der Waals surface area contributed by atoms with Gasteiger partial charge < -0.3 is 9.64 Å². The van der Waals surface area contributed by atoms with E-state index in [0.29, 0.717) is 6.42 Å². The summed E-state index contributed by atoms with van der Waals surface area (Å²) in [4.78, 5) is 20.4. The number of ether oxygens (including phenoxy) is 1. The fourth-order valence-corrected chi connectivity index (χ4v) is 5.57. The molecule has 1 fully saturated rings. The summed E-state index contributed by atoms with van der Waals surface area (Å²) in [5.41, 5.74) is 6.64. The van der Waals surface area contributed by atoms with E-state index >= 15 is 0 Å². The number of aromatic nitrogens is 3. The average Bonchev–Trinajstić information content (AvgIpc) is 3.18. The second-order valence-corrected chi connectivity index (χ2v) is 10.1. The number of benzene rings is 2. The molecule has 0 radical (unpaired) electrons. The number of fused-ring (bicyclic) bond motifs is 2. The van der Waals surface area contributed by atoms with E-state index in [4.69, 9.17) is 14.8 Å². The van der Waals surface area contributed by atoms with Gasteiger partial charge in [0.25, 0.3) is 0 Å². The Morgan fingerprint density at radius 3 is 2.37 bits per heavy atom. The summed E-state index contributed by atoms with van der Waals surface area (Å²) in [7, 11) is 0. The number of anilines is 1. The van der Waals surface area contributed by atoms with Crippen LogP contribution < -0.4 is 9.64 Å². The van der Waals surface area contributed by atoms with Crippen LogP contribution in [-0.2, 0) is 0 Å². The van der Waals surface area contributed by atoms with Gasteiger partial charge in [-0.15, -0.1) is 0 Å². The van der Waals surface area contributed by atoms with Crippen LogP contribution in [0.5, 0.6) is 5.75 Å². The highest BCUT2D eigenvalue weighted by Crippen LogP contribution is 2.41. The van der Waals surface area contributed by atoms with Crippen molar-refractivity contribution in [2.75, 3.05) is 18.0 Å². The number of carbonyl (C=O) groups excluding carboxylic acids is 1. The van der Waals surface area contributed by atoms with Crippen molar-refractivity contribution in [3.63, 3.8) is 0 Å². The first-order chi connectivity index (χ1) is 16.8. The van der Waals surface area contributed by atoms with Gasteiger partial charge >= 0.3 is 0 Å². The van der Waals surface area contributed by atoms with Gasteiger partial charge in [0.15, 0.2) is 11.4 Å². The fraction of sp³-hybridized carbons (Fsp3) is 0.345. The van der Waals surface area contributed by atoms with Crippen molar-refractivity contribution in [1.29, 1.82) is 0 Å². The van der Waals surface area contributed by atoms with Crippen LogP contribution in [-0.4, -0.2) is 39.2 Å². The molecule has 2 aromatic heterocycles. The topological polar surface area (TPSA) is 60.2 Å². The summed E-state index contributed by atoms with van der Waals surface area (Å²) in [6.45, 7) is 9.88. The number of carbonyl (C=O) groups is 1. The average molecular weight is 467 g/mol. The molecular weight excluding hydrogens is 436 g/mol. The summed E-state index contributed by atoms with van der Waals surface area (Å²) in [6, 6.07) is 16.3. The van der Waals surface area contributed by atoms with Crippen LogP contribution in [0.2, 0.25) is 0 Å². The highest BCUT2D eigenvalue weighted by Gasteiger charge is 2.43. The minimum Gasteiger partial charge on any atom is -0.486 e. The number of rotatable bonds is 2. The van der Waals surface area contributed by atoms with Crippen LogP contribution in [0, 0.1) is 27.7 Å². The summed E-state index contributed by atoms with van der Waals surface area (Å²) >= 11 is 0. The second kappa shape index (κ2) is 7.94.